The van der Waals surface area contributed by atoms with Gasteiger partial charge in [-0.15, -0.1) is 0 Å². The van der Waals surface area contributed by atoms with Crippen LogP contribution in [-0.2, 0) is 17.8 Å². The van der Waals surface area contributed by atoms with E-state index in [-0.39, 0.29) is 24.1 Å². The minimum atomic E-state index is -0.325. The molecule has 1 N–H and O–H groups in total. The molecule has 1 heterocycles. The summed E-state index contributed by atoms with van der Waals surface area (Å²) in [6.45, 7) is 2.49. The lowest BCUT2D eigenvalue weighted by Crippen LogP contribution is -2.29. The van der Waals surface area contributed by atoms with Gasteiger partial charge in [0.25, 0.3) is 11.8 Å². The summed E-state index contributed by atoms with van der Waals surface area (Å²) in [6, 6.07) is 21.7. The van der Waals surface area contributed by atoms with Crippen LogP contribution < -0.4 is 10.2 Å². The van der Waals surface area contributed by atoms with Crippen molar-refractivity contribution in [3.8, 4) is 0 Å². The SMILES string of the molecule is Cc1cccc(CNC(=O)Cc2ccc(N3C(=O)c4ccccc4C3=O)cc2)c1. The zero-order valence-electron chi connectivity index (χ0n) is 16.0. The van der Waals surface area contributed by atoms with Gasteiger partial charge in [-0.1, -0.05) is 54.1 Å². The summed E-state index contributed by atoms with van der Waals surface area (Å²) in [4.78, 5) is 38.5. The molecule has 1 aliphatic heterocycles. The number of hydrogen-bond acceptors (Lipinski definition) is 3. The lowest BCUT2D eigenvalue weighted by molar-refractivity contribution is -0.120. The zero-order valence-corrected chi connectivity index (χ0v) is 16.0. The van der Waals surface area contributed by atoms with Crippen molar-refractivity contribution in [1.29, 1.82) is 0 Å². The van der Waals surface area contributed by atoms with Crippen molar-refractivity contribution in [2.24, 2.45) is 0 Å². The second-order valence-electron chi connectivity index (χ2n) is 7.10. The second kappa shape index (κ2) is 7.72. The Bertz CT molecular complexity index is 1070. The number of anilines is 1. The first-order valence-corrected chi connectivity index (χ1v) is 9.42. The van der Waals surface area contributed by atoms with E-state index in [1.54, 1.807) is 48.5 Å². The number of nitrogens with one attached hydrogen (secondary N) is 1. The average molecular weight is 384 g/mol. The molecule has 0 radical (unpaired) electrons. The van der Waals surface area contributed by atoms with Crippen LogP contribution in [-0.4, -0.2) is 17.7 Å². The lowest BCUT2D eigenvalue weighted by Gasteiger charge is -2.14. The van der Waals surface area contributed by atoms with E-state index in [2.05, 4.69) is 5.32 Å². The van der Waals surface area contributed by atoms with Crippen LogP contribution in [0.15, 0.2) is 72.8 Å². The van der Waals surface area contributed by atoms with Crippen LogP contribution in [0.2, 0.25) is 0 Å². The Morgan fingerprint density at radius 2 is 1.48 bits per heavy atom. The van der Waals surface area contributed by atoms with Gasteiger partial charge in [0, 0.05) is 6.54 Å². The van der Waals surface area contributed by atoms with E-state index in [4.69, 9.17) is 0 Å². The van der Waals surface area contributed by atoms with E-state index >= 15 is 0 Å². The molecule has 0 atom stereocenters. The Morgan fingerprint density at radius 3 is 2.10 bits per heavy atom. The summed E-state index contributed by atoms with van der Waals surface area (Å²) in [5.41, 5.74) is 4.35. The fourth-order valence-electron chi connectivity index (χ4n) is 3.46. The van der Waals surface area contributed by atoms with Crippen LogP contribution in [0.25, 0.3) is 0 Å². The van der Waals surface area contributed by atoms with Gasteiger partial charge in [0.05, 0.1) is 23.2 Å². The number of rotatable bonds is 5. The summed E-state index contributed by atoms with van der Waals surface area (Å²) in [6.07, 6.45) is 0.230. The Balaban J connectivity index is 1.40. The fraction of sp³-hybridized carbons (Fsp3) is 0.125. The maximum Gasteiger partial charge on any atom is 0.266 e. The molecule has 4 rings (SSSR count). The number of imide groups is 1. The Morgan fingerprint density at radius 1 is 0.828 bits per heavy atom. The predicted molar refractivity (Wildman–Crippen MR) is 111 cm³/mol. The molecule has 0 spiro atoms. The summed E-state index contributed by atoms with van der Waals surface area (Å²) in [5.74, 6) is -0.733. The van der Waals surface area contributed by atoms with E-state index in [1.807, 2.05) is 31.2 Å². The molecule has 0 bridgehead atoms. The monoisotopic (exact) mass is 384 g/mol. The standard InChI is InChI=1S/C24H20N2O3/c1-16-5-4-6-18(13-16)15-25-22(27)14-17-9-11-19(12-10-17)26-23(28)20-7-2-3-8-21(20)24(26)29/h2-13H,14-15H2,1H3,(H,25,27). The Labute approximate surface area is 169 Å². The molecule has 0 saturated heterocycles. The van der Waals surface area contributed by atoms with Gasteiger partial charge in [-0.05, 0) is 42.3 Å². The topological polar surface area (TPSA) is 66.5 Å². The van der Waals surface area contributed by atoms with E-state index in [9.17, 15) is 14.4 Å². The molecule has 0 fully saturated rings. The molecule has 29 heavy (non-hydrogen) atoms. The highest BCUT2D eigenvalue weighted by Crippen LogP contribution is 2.28. The molecule has 0 aromatic heterocycles. The molecule has 0 aliphatic carbocycles. The molecule has 0 unspecified atom stereocenters. The number of amides is 3. The zero-order chi connectivity index (χ0) is 20.4. The van der Waals surface area contributed by atoms with Gasteiger partial charge in [0.2, 0.25) is 5.91 Å². The van der Waals surface area contributed by atoms with E-state index in [1.165, 1.54) is 4.90 Å². The van der Waals surface area contributed by atoms with Crippen LogP contribution in [0, 0.1) is 6.92 Å². The number of carbonyl (C=O) groups excluding carboxylic acids is 3. The quantitative estimate of drug-likeness (QED) is 0.683. The second-order valence-corrected chi connectivity index (χ2v) is 7.10. The number of carbonyl (C=O) groups is 3. The third kappa shape index (κ3) is 3.80. The smallest absolute Gasteiger partial charge is 0.266 e. The highest BCUT2D eigenvalue weighted by atomic mass is 16.2. The van der Waals surface area contributed by atoms with Gasteiger partial charge in [0.1, 0.15) is 0 Å². The van der Waals surface area contributed by atoms with Crippen molar-refractivity contribution >= 4 is 23.4 Å². The van der Waals surface area contributed by atoms with Crippen LogP contribution in [0.3, 0.4) is 0 Å². The lowest BCUT2D eigenvalue weighted by atomic mass is 10.1. The van der Waals surface area contributed by atoms with Gasteiger partial charge in [-0.2, -0.15) is 0 Å². The minimum Gasteiger partial charge on any atom is -0.352 e. The van der Waals surface area contributed by atoms with Crippen molar-refractivity contribution in [2.45, 2.75) is 19.9 Å². The highest BCUT2D eigenvalue weighted by Gasteiger charge is 2.36. The van der Waals surface area contributed by atoms with E-state index < -0.39 is 0 Å². The molecule has 0 saturated carbocycles. The van der Waals surface area contributed by atoms with Gasteiger partial charge >= 0.3 is 0 Å². The molecular formula is C24H20N2O3. The number of benzene rings is 3. The number of nitrogens with zero attached hydrogens (tertiary/aromatic N) is 1. The molecule has 1 aliphatic rings. The first-order valence-electron chi connectivity index (χ1n) is 9.42. The van der Waals surface area contributed by atoms with Gasteiger partial charge in [0.15, 0.2) is 0 Å². The summed E-state index contributed by atoms with van der Waals surface area (Å²) in [7, 11) is 0. The number of aryl methyl sites for hydroxylation is 1. The normalized spacial score (nSPS) is 12.8. The van der Waals surface area contributed by atoms with Gasteiger partial charge in [-0.25, -0.2) is 4.90 Å². The molecule has 144 valence electrons. The third-order valence-corrected chi connectivity index (χ3v) is 4.93. The van der Waals surface area contributed by atoms with Crippen molar-refractivity contribution in [3.05, 3.63) is 101 Å². The average Bonchev–Trinajstić information content (AvgIpc) is 2.98. The highest BCUT2D eigenvalue weighted by molar-refractivity contribution is 6.34. The Kier molecular flexibility index (Phi) is 4.96. The first-order chi connectivity index (χ1) is 14.0. The molecule has 3 aromatic carbocycles. The first kappa shape index (κ1) is 18.6. The number of hydrogen-bond donors (Lipinski definition) is 1. The fourth-order valence-corrected chi connectivity index (χ4v) is 3.46. The molecule has 3 amide bonds. The van der Waals surface area contributed by atoms with Gasteiger partial charge in [-0.3, -0.25) is 14.4 Å². The minimum absolute atomic E-state index is 0.0833. The van der Waals surface area contributed by atoms with Crippen molar-refractivity contribution in [2.75, 3.05) is 4.90 Å². The van der Waals surface area contributed by atoms with Crippen LogP contribution in [0.1, 0.15) is 37.4 Å². The summed E-state index contributed by atoms with van der Waals surface area (Å²) >= 11 is 0. The summed E-state index contributed by atoms with van der Waals surface area (Å²) < 4.78 is 0. The van der Waals surface area contributed by atoms with E-state index in [0.29, 0.717) is 23.4 Å². The third-order valence-electron chi connectivity index (χ3n) is 4.93. The van der Waals surface area contributed by atoms with Crippen molar-refractivity contribution < 1.29 is 14.4 Å². The number of fused-ring (bicyclic) bond motifs is 1. The maximum absolute atomic E-state index is 12.6. The Hall–Kier alpha value is -3.73. The van der Waals surface area contributed by atoms with E-state index in [0.717, 1.165) is 16.7 Å². The van der Waals surface area contributed by atoms with Gasteiger partial charge < -0.3 is 5.32 Å². The summed E-state index contributed by atoms with van der Waals surface area (Å²) in [5, 5.41) is 2.91. The van der Waals surface area contributed by atoms with Crippen molar-refractivity contribution in [3.63, 3.8) is 0 Å². The molecular weight excluding hydrogens is 364 g/mol. The molecule has 5 nitrogen and oxygen atoms in total. The van der Waals surface area contributed by atoms with Crippen molar-refractivity contribution in [1.82, 2.24) is 5.32 Å². The largest absolute Gasteiger partial charge is 0.352 e. The predicted octanol–water partition coefficient (Wildman–Crippen LogP) is 3.65. The molecule has 3 aromatic rings. The van der Waals surface area contributed by atoms with Crippen LogP contribution in [0.4, 0.5) is 5.69 Å². The van der Waals surface area contributed by atoms with Crippen LogP contribution >= 0.6 is 0 Å². The molecule has 5 heteroatoms. The maximum atomic E-state index is 12.6. The van der Waals surface area contributed by atoms with Crippen LogP contribution in [0.5, 0.6) is 0 Å².